The number of nitrogens with zero attached hydrogens (tertiary/aromatic N) is 2. The normalized spacial score (nSPS) is 16.5. The molecule has 2 rings (SSSR count). The van der Waals surface area contributed by atoms with Crippen molar-refractivity contribution in [2.45, 2.75) is 26.4 Å². The largest absolute Gasteiger partial charge is 0.497 e. The number of anilines is 1. The Morgan fingerprint density at radius 3 is 2.36 bits per heavy atom. The summed E-state index contributed by atoms with van der Waals surface area (Å²) in [6.45, 7) is 7.43. The second-order valence-corrected chi connectivity index (χ2v) is 5.60. The van der Waals surface area contributed by atoms with Crippen molar-refractivity contribution in [3.05, 3.63) is 24.3 Å². The molecule has 1 heterocycles. The molecule has 0 N–H and O–H groups in total. The van der Waals surface area contributed by atoms with Crippen LogP contribution in [0.25, 0.3) is 0 Å². The van der Waals surface area contributed by atoms with Crippen LogP contribution in [0.15, 0.2) is 24.3 Å². The number of amides is 1. The molecule has 1 saturated heterocycles. The summed E-state index contributed by atoms with van der Waals surface area (Å²) in [6.07, 6.45) is 1.07. The van der Waals surface area contributed by atoms with Crippen LogP contribution in [0, 0.1) is 0 Å². The van der Waals surface area contributed by atoms with Gasteiger partial charge in [0.25, 0.3) is 0 Å². The molecule has 1 unspecified atom stereocenters. The zero-order chi connectivity index (χ0) is 15.9. The molecule has 1 aliphatic rings. The highest BCUT2D eigenvalue weighted by Crippen LogP contribution is 2.20. The first-order valence-corrected chi connectivity index (χ1v) is 7.92. The van der Waals surface area contributed by atoms with E-state index in [2.05, 4.69) is 24.0 Å². The lowest BCUT2D eigenvalue weighted by atomic mass is 10.2. The first kappa shape index (κ1) is 16.6. The Balaban J connectivity index is 1.80. The first-order valence-electron chi connectivity index (χ1n) is 7.92. The van der Waals surface area contributed by atoms with Crippen molar-refractivity contribution in [2.75, 3.05) is 44.8 Å². The van der Waals surface area contributed by atoms with Gasteiger partial charge in [-0.15, -0.1) is 0 Å². The van der Waals surface area contributed by atoms with Gasteiger partial charge in [0.15, 0.2) is 0 Å². The lowest BCUT2D eigenvalue weighted by molar-refractivity contribution is -0.138. The predicted octanol–water partition coefficient (Wildman–Crippen LogP) is 2.16. The Morgan fingerprint density at radius 2 is 1.82 bits per heavy atom. The number of hydrogen-bond donors (Lipinski definition) is 0. The number of ether oxygens (including phenoxy) is 2. The Kier molecular flexibility index (Phi) is 6.07. The van der Waals surface area contributed by atoms with E-state index >= 15 is 0 Å². The minimum atomic E-state index is 0.0923. The van der Waals surface area contributed by atoms with Gasteiger partial charge in [0.05, 0.1) is 13.2 Å². The molecule has 122 valence electrons. The van der Waals surface area contributed by atoms with Crippen molar-refractivity contribution >= 4 is 11.6 Å². The molecule has 1 aromatic carbocycles. The zero-order valence-electron chi connectivity index (χ0n) is 13.7. The third kappa shape index (κ3) is 4.37. The van der Waals surface area contributed by atoms with Gasteiger partial charge in [0.1, 0.15) is 12.4 Å². The fraction of sp³-hybridized carbons (Fsp3) is 0.588. The van der Waals surface area contributed by atoms with E-state index in [0.29, 0.717) is 0 Å². The van der Waals surface area contributed by atoms with E-state index in [1.807, 2.05) is 24.0 Å². The van der Waals surface area contributed by atoms with E-state index in [1.54, 1.807) is 7.11 Å². The summed E-state index contributed by atoms with van der Waals surface area (Å²) in [5, 5.41) is 0. The van der Waals surface area contributed by atoms with Gasteiger partial charge in [-0.1, -0.05) is 6.92 Å². The van der Waals surface area contributed by atoms with Gasteiger partial charge in [-0.3, -0.25) is 4.79 Å². The number of benzene rings is 1. The number of hydrogen-bond acceptors (Lipinski definition) is 4. The van der Waals surface area contributed by atoms with Crippen LogP contribution in [0.2, 0.25) is 0 Å². The summed E-state index contributed by atoms with van der Waals surface area (Å²) >= 11 is 0. The molecule has 5 nitrogen and oxygen atoms in total. The van der Waals surface area contributed by atoms with Crippen molar-refractivity contribution in [3.8, 4) is 5.75 Å². The van der Waals surface area contributed by atoms with E-state index < -0.39 is 0 Å². The number of piperazine rings is 1. The van der Waals surface area contributed by atoms with Crippen molar-refractivity contribution in [3.63, 3.8) is 0 Å². The number of carbonyl (C=O) groups is 1. The fourth-order valence-electron chi connectivity index (χ4n) is 2.43. The quantitative estimate of drug-likeness (QED) is 0.808. The molecule has 0 spiro atoms. The molecule has 0 aromatic heterocycles. The van der Waals surface area contributed by atoms with Gasteiger partial charge >= 0.3 is 0 Å². The van der Waals surface area contributed by atoms with Crippen LogP contribution in [-0.4, -0.2) is 56.8 Å². The van der Waals surface area contributed by atoms with E-state index in [9.17, 15) is 4.79 Å². The number of carbonyl (C=O) groups excluding carboxylic acids is 1. The summed E-state index contributed by atoms with van der Waals surface area (Å²) in [5.41, 5.74) is 1.17. The molecule has 0 bridgehead atoms. The van der Waals surface area contributed by atoms with Crippen LogP contribution in [0.1, 0.15) is 20.3 Å². The second kappa shape index (κ2) is 8.03. The Bertz CT molecular complexity index is 467. The van der Waals surface area contributed by atoms with Crippen LogP contribution in [-0.2, 0) is 9.53 Å². The second-order valence-electron chi connectivity index (χ2n) is 5.60. The van der Waals surface area contributed by atoms with Crippen molar-refractivity contribution in [2.24, 2.45) is 0 Å². The lowest BCUT2D eigenvalue weighted by Gasteiger charge is -2.36. The van der Waals surface area contributed by atoms with Crippen LogP contribution in [0.4, 0.5) is 5.69 Å². The third-order valence-electron chi connectivity index (χ3n) is 4.14. The molecule has 0 radical (unpaired) electrons. The maximum atomic E-state index is 12.1. The standard InChI is InChI=1S/C17H26N2O3/c1-4-14(2)22-13-17(20)19-11-9-18(10-12-19)15-5-7-16(21-3)8-6-15/h5-8,14H,4,9-13H2,1-3H3. The maximum Gasteiger partial charge on any atom is 0.248 e. The average Bonchev–Trinajstić information content (AvgIpc) is 2.59. The highest BCUT2D eigenvalue weighted by atomic mass is 16.5. The van der Waals surface area contributed by atoms with Gasteiger partial charge in [-0.2, -0.15) is 0 Å². The molecule has 1 amide bonds. The maximum absolute atomic E-state index is 12.1. The molecular formula is C17H26N2O3. The van der Waals surface area contributed by atoms with Crippen LogP contribution < -0.4 is 9.64 Å². The fourth-order valence-corrected chi connectivity index (χ4v) is 2.43. The van der Waals surface area contributed by atoms with Gasteiger partial charge in [-0.05, 0) is 37.6 Å². The van der Waals surface area contributed by atoms with Crippen molar-refractivity contribution in [1.82, 2.24) is 4.90 Å². The first-order chi connectivity index (χ1) is 10.6. The Morgan fingerprint density at radius 1 is 1.18 bits per heavy atom. The topological polar surface area (TPSA) is 42.0 Å². The highest BCUT2D eigenvalue weighted by Gasteiger charge is 2.21. The molecule has 1 atom stereocenters. The molecule has 1 aliphatic heterocycles. The van der Waals surface area contributed by atoms with Crippen molar-refractivity contribution < 1.29 is 14.3 Å². The van der Waals surface area contributed by atoms with Gasteiger partial charge < -0.3 is 19.3 Å². The van der Waals surface area contributed by atoms with E-state index in [0.717, 1.165) is 38.3 Å². The van der Waals surface area contributed by atoms with Crippen LogP contribution in [0.3, 0.4) is 0 Å². The highest BCUT2D eigenvalue weighted by molar-refractivity contribution is 5.77. The molecule has 5 heteroatoms. The SMILES string of the molecule is CCC(C)OCC(=O)N1CCN(c2ccc(OC)cc2)CC1. The predicted molar refractivity (Wildman–Crippen MR) is 87.5 cm³/mol. The molecule has 0 aliphatic carbocycles. The molecule has 1 fully saturated rings. The number of methoxy groups -OCH3 is 1. The lowest BCUT2D eigenvalue weighted by Crippen LogP contribution is -2.50. The zero-order valence-corrected chi connectivity index (χ0v) is 13.7. The summed E-state index contributed by atoms with van der Waals surface area (Å²) in [4.78, 5) is 16.3. The Labute approximate surface area is 132 Å². The summed E-state index contributed by atoms with van der Waals surface area (Å²) < 4.78 is 10.7. The van der Waals surface area contributed by atoms with Crippen LogP contribution in [0.5, 0.6) is 5.75 Å². The van der Waals surface area contributed by atoms with Gasteiger partial charge in [-0.25, -0.2) is 0 Å². The third-order valence-corrected chi connectivity index (χ3v) is 4.14. The summed E-state index contributed by atoms with van der Waals surface area (Å²) in [6, 6.07) is 8.05. The smallest absolute Gasteiger partial charge is 0.248 e. The van der Waals surface area contributed by atoms with E-state index in [1.165, 1.54) is 5.69 Å². The molecule has 1 aromatic rings. The van der Waals surface area contributed by atoms with Crippen molar-refractivity contribution in [1.29, 1.82) is 0 Å². The monoisotopic (exact) mass is 306 g/mol. The number of rotatable bonds is 6. The molecular weight excluding hydrogens is 280 g/mol. The molecule has 0 saturated carbocycles. The Hall–Kier alpha value is -1.75. The molecule has 22 heavy (non-hydrogen) atoms. The van der Waals surface area contributed by atoms with E-state index in [-0.39, 0.29) is 18.6 Å². The average molecular weight is 306 g/mol. The minimum absolute atomic E-state index is 0.0923. The minimum Gasteiger partial charge on any atom is -0.497 e. The van der Waals surface area contributed by atoms with Gasteiger partial charge in [0, 0.05) is 31.9 Å². The van der Waals surface area contributed by atoms with E-state index in [4.69, 9.17) is 9.47 Å². The summed E-state index contributed by atoms with van der Waals surface area (Å²) in [7, 11) is 1.67. The summed E-state index contributed by atoms with van der Waals surface area (Å²) in [5.74, 6) is 0.953. The van der Waals surface area contributed by atoms with Crippen LogP contribution >= 0.6 is 0 Å². The van der Waals surface area contributed by atoms with Gasteiger partial charge in [0.2, 0.25) is 5.91 Å².